The van der Waals surface area contributed by atoms with Crippen LogP contribution in [0, 0.1) is 10.1 Å². The van der Waals surface area contributed by atoms with Crippen LogP contribution in [-0.2, 0) is 0 Å². The van der Waals surface area contributed by atoms with Gasteiger partial charge in [0.2, 0.25) is 0 Å². The quantitative estimate of drug-likeness (QED) is 0.661. The third-order valence-electron chi connectivity index (χ3n) is 3.69. The molecule has 18 heavy (non-hydrogen) atoms. The summed E-state index contributed by atoms with van der Waals surface area (Å²) in [5.74, 6) is -0.264. The molecule has 1 fully saturated rings. The topological polar surface area (TPSA) is 66.6 Å². The van der Waals surface area contributed by atoms with Crippen LogP contribution in [0.3, 0.4) is 0 Å². The number of hydrogen-bond acceptors (Lipinski definition) is 4. The first-order valence-corrected chi connectivity index (χ1v) is 6.30. The Balaban J connectivity index is 2.17. The summed E-state index contributed by atoms with van der Waals surface area (Å²) in [4.78, 5) is 12.2. The summed E-state index contributed by atoms with van der Waals surface area (Å²) in [7, 11) is 1.98. The molecule has 0 heterocycles. The van der Waals surface area contributed by atoms with Gasteiger partial charge in [-0.3, -0.25) is 10.1 Å². The molecule has 2 rings (SSSR count). The van der Waals surface area contributed by atoms with Crippen molar-refractivity contribution in [1.82, 2.24) is 0 Å². The summed E-state index contributed by atoms with van der Waals surface area (Å²) in [6.07, 6.45) is 6.04. The van der Waals surface area contributed by atoms with Crippen LogP contribution in [-0.4, -0.2) is 23.1 Å². The Morgan fingerprint density at radius 3 is 2.56 bits per heavy atom. The van der Waals surface area contributed by atoms with Gasteiger partial charge in [-0.1, -0.05) is 19.3 Å². The number of phenolic OH excluding ortho intramolecular Hbond substituents is 1. The zero-order chi connectivity index (χ0) is 13.1. The third-order valence-corrected chi connectivity index (χ3v) is 3.69. The molecule has 0 atom stereocenters. The van der Waals surface area contributed by atoms with Crippen LogP contribution in [0.2, 0.25) is 0 Å². The van der Waals surface area contributed by atoms with Gasteiger partial charge in [-0.15, -0.1) is 0 Å². The summed E-state index contributed by atoms with van der Waals surface area (Å²) < 4.78 is 0. The molecule has 1 aliphatic carbocycles. The van der Waals surface area contributed by atoms with Crippen LogP contribution in [0.5, 0.6) is 5.75 Å². The molecule has 1 N–H and O–H groups in total. The van der Waals surface area contributed by atoms with Gasteiger partial charge in [0.05, 0.1) is 4.92 Å². The number of rotatable bonds is 3. The van der Waals surface area contributed by atoms with E-state index in [1.165, 1.54) is 31.4 Å². The van der Waals surface area contributed by atoms with Crippen molar-refractivity contribution in [3.63, 3.8) is 0 Å². The molecule has 0 unspecified atom stereocenters. The molecular weight excluding hydrogens is 232 g/mol. The van der Waals surface area contributed by atoms with Gasteiger partial charge in [0.1, 0.15) is 0 Å². The lowest BCUT2D eigenvalue weighted by atomic mass is 9.94. The molecule has 98 valence electrons. The van der Waals surface area contributed by atoms with E-state index in [9.17, 15) is 15.2 Å². The summed E-state index contributed by atoms with van der Waals surface area (Å²) >= 11 is 0. The molecule has 5 heteroatoms. The highest BCUT2D eigenvalue weighted by atomic mass is 16.6. The van der Waals surface area contributed by atoms with Crippen molar-refractivity contribution < 1.29 is 10.0 Å². The summed E-state index contributed by atoms with van der Waals surface area (Å²) in [6.45, 7) is 0. The van der Waals surface area contributed by atoms with Gasteiger partial charge >= 0.3 is 5.69 Å². The Hall–Kier alpha value is -1.78. The average Bonchev–Trinajstić information content (AvgIpc) is 2.38. The summed E-state index contributed by atoms with van der Waals surface area (Å²) in [5, 5.41) is 20.3. The number of benzene rings is 1. The average molecular weight is 250 g/mol. The van der Waals surface area contributed by atoms with Crippen molar-refractivity contribution in [1.29, 1.82) is 0 Å². The standard InChI is InChI=1S/C13H18N2O3/c1-14(10-5-3-2-4-6-10)11-7-8-12(15(17)18)13(16)9-11/h7-10,16H,2-6H2,1H3. The van der Waals surface area contributed by atoms with Gasteiger partial charge in [0.25, 0.3) is 0 Å². The highest BCUT2D eigenvalue weighted by Crippen LogP contribution is 2.32. The number of anilines is 1. The molecule has 5 nitrogen and oxygen atoms in total. The zero-order valence-electron chi connectivity index (χ0n) is 10.5. The van der Waals surface area contributed by atoms with E-state index in [1.54, 1.807) is 6.07 Å². The molecule has 1 saturated carbocycles. The summed E-state index contributed by atoms with van der Waals surface area (Å²) in [6, 6.07) is 5.02. The van der Waals surface area contributed by atoms with Crippen molar-refractivity contribution in [2.24, 2.45) is 0 Å². The van der Waals surface area contributed by atoms with E-state index in [2.05, 4.69) is 4.90 Å². The maximum atomic E-state index is 10.6. The van der Waals surface area contributed by atoms with E-state index in [4.69, 9.17) is 0 Å². The van der Waals surface area contributed by atoms with Crippen LogP contribution in [0.15, 0.2) is 18.2 Å². The Labute approximate surface area is 106 Å². The minimum atomic E-state index is -0.570. The monoisotopic (exact) mass is 250 g/mol. The second-order valence-corrected chi connectivity index (χ2v) is 4.83. The van der Waals surface area contributed by atoms with E-state index in [0.29, 0.717) is 6.04 Å². The Bertz CT molecular complexity index is 442. The maximum Gasteiger partial charge on any atom is 0.310 e. The SMILES string of the molecule is CN(c1ccc([N+](=O)[O-])c(O)c1)C1CCCCC1. The second-order valence-electron chi connectivity index (χ2n) is 4.83. The molecule has 0 amide bonds. The smallest absolute Gasteiger partial charge is 0.310 e. The van der Waals surface area contributed by atoms with Crippen LogP contribution < -0.4 is 4.90 Å². The number of nitro benzene ring substituents is 1. The van der Waals surface area contributed by atoms with Crippen molar-refractivity contribution in [3.05, 3.63) is 28.3 Å². The molecule has 1 aliphatic rings. The van der Waals surface area contributed by atoms with E-state index in [0.717, 1.165) is 18.5 Å². The van der Waals surface area contributed by atoms with E-state index >= 15 is 0 Å². The van der Waals surface area contributed by atoms with Crippen LogP contribution in [0.25, 0.3) is 0 Å². The molecule has 0 spiro atoms. The molecule has 1 aromatic rings. The highest BCUT2D eigenvalue weighted by Gasteiger charge is 2.20. The third kappa shape index (κ3) is 2.55. The van der Waals surface area contributed by atoms with Crippen LogP contribution >= 0.6 is 0 Å². The predicted molar refractivity (Wildman–Crippen MR) is 70.0 cm³/mol. The first kappa shape index (κ1) is 12.7. The Kier molecular flexibility index (Phi) is 3.69. The fourth-order valence-electron chi connectivity index (χ4n) is 2.56. The number of nitro groups is 1. The van der Waals surface area contributed by atoms with Crippen molar-refractivity contribution in [2.45, 2.75) is 38.1 Å². The van der Waals surface area contributed by atoms with E-state index in [1.807, 2.05) is 7.05 Å². The van der Waals surface area contributed by atoms with Gasteiger partial charge in [-0.2, -0.15) is 0 Å². The minimum absolute atomic E-state index is 0.240. The number of nitrogens with zero attached hydrogens (tertiary/aromatic N) is 2. The molecule has 1 aromatic carbocycles. The zero-order valence-corrected chi connectivity index (χ0v) is 10.5. The van der Waals surface area contributed by atoms with E-state index < -0.39 is 4.92 Å². The number of phenols is 1. The largest absolute Gasteiger partial charge is 0.502 e. The fourth-order valence-corrected chi connectivity index (χ4v) is 2.56. The first-order chi connectivity index (χ1) is 8.59. The normalized spacial score (nSPS) is 16.5. The Morgan fingerprint density at radius 2 is 2.00 bits per heavy atom. The van der Waals surface area contributed by atoms with Gasteiger partial charge in [0, 0.05) is 30.9 Å². The number of aromatic hydroxyl groups is 1. The predicted octanol–water partition coefficient (Wildman–Crippen LogP) is 3.07. The van der Waals surface area contributed by atoms with Gasteiger partial charge in [0.15, 0.2) is 5.75 Å². The molecule has 0 radical (unpaired) electrons. The van der Waals surface area contributed by atoms with Gasteiger partial charge in [-0.25, -0.2) is 0 Å². The maximum absolute atomic E-state index is 10.6. The number of hydrogen-bond donors (Lipinski definition) is 1. The molecule has 0 bridgehead atoms. The molecule has 0 saturated heterocycles. The minimum Gasteiger partial charge on any atom is -0.502 e. The molecule has 0 aliphatic heterocycles. The lowest BCUT2D eigenvalue weighted by Crippen LogP contribution is -2.33. The highest BCUT2D eigenvalue weighted by molar-refractivity contribution is 5.58. The lowest BCUT2D eigenvalue weighted by molar-refractivity contribution is -0.385. The first-order valence-electron chi connectivity index (χ1n) is 6.30. The molecule has 0 aromatic heterocycles. The molecular formula is C13H18N2O3. The second kappa shape index (κ2) is 5.25. The van der Waals surface area contributed by atoms with Crippen LogP contribution in [0.1, 0.15) is 32.1 Å². The van der Waals surface area contributed by atoms with Crippen molar-refractivity contribution >= 4 is 11.4 Å². The summed E-state index contributed by atoms with van der Waals surface area (Å²) in [5.41, 5.74) is 0.598. The Morgan fingerprint density at radius 1 is 1.33 bits per heavy atom. The van der Waals surface area contributed by atoms with Crippen molar-refractivity contribution in [3.8, 4) is 5.75 Å². The fraction of sp³-hybridized carbons (Fsp3) is 0.538. The van der Waals surface area contributed by atoms with Gasteiger partial charge < -0.3 is 10.0 Å². The van der Waals surface area contributed by atoms with Gasteiger partial charge in [-0.05, 0) is 18.9 Å². The van der Waals surface area contributed by atoms with Crippen LogP contribution in [0.4, 0.5) is 11.4 Å². The van der Waals surface area contributed by atoms with Crippen molar-refractivity contribution in [2.75, 3.05) is 11.9 Å². The van der Waals surface area contributed by atoms with E-state index in [-0.39, 0.29) is 11.4 Å². The lowest BCUT2D eigenvalue weighted by Gasteiger charge is -2.32.